The highest BCUT2D eigenvalue weighted by Gasteiger charge is 2.49. The molecule has 11 nitrogen and oxygen atoms in total. The molecule has 7 heterocycles. The topological polar surface area (TPSA) is 96.9 Å². The Morgan fingerprint density at radius 2 is 2.10 bits per heavy atom. The van der Waals surface area contributed by atoms with Gasteiger partial charge >= 0.3 is 6.01 Å². The van der Waals surface area contributed by atoms with E-state index >= 15 is 4.39 Å². The first-order valence-corrected chi connectivity index (χ1v) is 14.6. The monoisotopic (exact) mass is 629 g/mol. The van der Waals surface area contributed by atoms with Crippen molar-refractivity contribution in [1.29, 1.82) is 0 Å². The Hall–Kier alpha value is -3.39. The van der Waals surface area contributed by atoms with Crippen LogP contribution in [-0.2, 0) is 13.1 Å². The van der Waals surface area contributed by atoms with Crippen molar-refractivity contribution >= 4 is 44.1 Å². The van der Waals surface area contributed by atoms with Crippen LogP contribution < -0.4 is 9.64 Å². The number of aryl methyl sites for hydroxylation is 1. The van der Waals surface area contributed by atoms with E-state index in [0.717, 1.165) is 31.5 Å². The lowest BCUT2D eigenvalue weighted by molar-refractivity contribution is 0.0821. The fraction of sp³-hybridized carbons (Fsp3) is 0.519. The number of carbonyl (C=O) groups excluding carboxylic acids is 1. The van der Waals surface area contributed by atoms with E-state index in [9.17, 15) is 9.18 Å². The number of rotatable bonds is 5. The lowest BCUT2D eigenvalue weighted by Gasteiger charge is -2.31. The maximum absolute atomic E-state index is 15.8. The second kappa shape index (κ2) is 9.86. The third-order valence-electron chi connectivity index (χ3n) is 8.51. The van der Waals surface area contributed by atoms with E-state index < -0.39 is 17.5 Å². The molecule has 216 valence electrons. The van der Waals surface area contributed by atoms with E-state index in [0.29, 0.717) is 55.0 Å². The van der Waals surface area contributed by atoms with Crippen LogP contribution in [0.15, 0.2) is 22.9 Å². The Bertz CT molecular complexity index is 1670. The fourth-order valence-corrected chi connectivity index (χ4v) is 7.05. The molecule has 0 unspecified atom stereocenters. The molecule has 0 N–H and O–H groups in total. The molecular formula is C27H30BrF2N9O2. The van der Waals surface area contributed by atoms with Crippen LogP contribution in [0.3, 0.4) is 0 Å². The van der Waals surface area contributed by atoms with Crippen molar-refractivity contribution in [3.05, 3.63) is 40.1 Å². The zero-order chi connectivity index (χ0) is 28.5. The van der Waals surface area contributed by atoms with Gasteiger partial charge in [-0.05, 0) is 53.9 Å². The standard InChI is InChI=1S/C27H30BrF2N9O2/c1-35(2)25(40)18-11-17-14-36(8-4-10-38(17)34-18)24-20-19-5-7-31-39(19)23(28)21(30)22(20)32-26(33-24)41-15-27-6-3-9-37(27)13-16(29)12-27/h5,7,11,16H,3-4,6,8-10,12-15H2,1-2H3/t16-,27+/m1/s1. The second-order valence-corrected chi connectivity index (χ2v) is 12.1. The van der Waals surface area contributed by atoms with Crippen molar-refractivity contribution in [3.8, 4) is 6.01 Å². The highest BCUT2D eigenvalue weighted by Crippen LogP contribution is 2.41. The molecule has 3 aliphatic heterocycles. The maximum Gasteiger partial charge on any atom is 0.319 e. The van der Waals surface area contributed by atoms with Crippen LogP contribution in [0.2, 0.25) is 0 Å². The summed E-state index contributed by atoms with van der Waals surface area (Å²) in [6, 6.07) is 3.64. The van der Waals surface area contributed by atoms with Crippen LogP contribution in [-0.4, -0.2) is 97.1 Å². The number of pyridine rings is 1. The van der Waals surface area contributed by atoms with Gasteiger partial charge in [0.05, 0.1) is 34.9 Å². The molecule has 4 aromatic rings. The molecule has 7 rings (SSSR count). The zero-order valence-corrected chi connectivity index (χ0v) is 24.4. The van der Waals surface area contributed by atoms with Gasteiger partial charge in [0.15, 0.2) is 11.5 Å². The second-order valence-electron chi connectivity index (χ2n) is 11.4. The Kier molecular flexibility index (Phi) is 6.38. The molecule has 2 saturated heterocycles. The van der Waals surface area contributed by atoms with Crippen molar-refractivity contribution < 1.29 is 18.3 Å². The normalized spacial score (nSPS) is 22.8. The summed E-state index contributed by atoms with van der Waals surface area (Å²) in [5.74, 6) is -0.239. The summed E-state index contributed by atoms with van der Waals surface area (Å²) in [5, 5.41) is 9.35. The first-order chi connectivity index (χ1) is 19.7. The minimum Gasteiger partial charge on any atom is -0.461 e. The largest absolute Gasteiger partial charge is 0.461 e. The van der Waals surface area contributed by atoms with Crippen molar-refractivity contribution in [2.45, 2.75) is 50.5 Å². The molecule has 0 radical (unpaired) electrons. The van der Waals surface area contributed by atoms with Crippen LogP contribution >= 0.6 is 15.9 Å². The van der Waals surface area contributed by atoms with Gasteiger partial charge in [-0.3, -0.25) is 14.4 Å². The number of amides is 1. The highest BCUT2D eigenvalue weighted by molar-refractivity contribution is 9.10. The van der Waals surface area contributed by atoms with Crippen LogP contribution in [0.5, 0.6) is 6.01 Å². The van der Waals surface area contributed by atoms with Crippen molar-refractivity contribution in [2.75, 3.05) is 45.2 Å². The number of ether oxygens (including phenoxy) is 1. The highest BCUT2D eigenvalue weighted by atomic mass is 79.9. The SMILES string of the molecule is CN(C)C(=O)c1cc2n(n1)CCCN(c1nc(OC[C@@]34CCCN3C[C@H](F)C4)nc3c(F)c(Br)n4nccc4c13)C2. The van der Waals surface area contributed by atoms with Gasteiger partial charge in [0, 0.05) is 40.2 Å². The van der Waals surface area contributed by atoms with Gasteiger partial charge in [0.1, 0.15) is 28.7 Å². The number of hydrogen-bond acceptors (Lipinski definition) is 8. The van der Waals surface area contributed by atoms with Gasteiger partial charge in [0.25, 0.3) is 5.91 Å². The average Bonchev–Trinajstić information content (AvgIpc) is 3.71. The van der Waals surface area contributed by atoms with E-state index in [1.165, 1.54) is 9.42 Å². The Labute approximate surface area is 243 Å². The van der Waals surface area contributed by atoms with Crippen molar-refractivity contribution in [3.63, 3.8) is 0 Å². The number of halogens is 3. The molecule has 0 saturated carbocycles. The Morgan fingerprint density at radius 1 is 1.24 bits per heavy atom. The minimum atomic E-state index is -0.887. The van der Waals surface area contributed by atoms with Gasteiger partial charge in [-0.25, -0.2) is 13.3 Å². The molecular weight excluding hydrogens is 600 g/mol. The lowest BCUT2D eigenvalue weighted by atomic mass is 9.95. The predicted molar refractivity (Wildman–Crippen MR) is 150 cm³/mol. The number of alkyl halides is 1. The third kappa shape index (κ3) is 4.33. The quantitative estimate of drug-likeness (QED) is 0.310. The van der Waals surface area contributed by atoms with Gasteiger partial charge in [-0.1, -0.05) is 0 Å². The van der Waals surface area contributed by atoms with E-state index in [-0.39, 0.29) is 28.6 Å². The summed E-state index contributed by atoms with van der Waals surface area (Å²) < 4.78 is 39.9. The molecule has 4 aromatic heterocycles. The van der Waals surface area contributed by atoms with Gasteiger partial charge < -0.3 is 14.5 Å². The summed E-state index contributed by atoms with van der Waals surface area (Å²) in [7, 11) is 3.39. The maximum atomic E-state index is 15.8. The third-order valence-corrected chi connectivity index (χ3v) is 9.20. The van der Waals surface area contributed by atoms with Crippen LogP contribution in [0.1, 0.15) is 41.9 Å². The van der Waals surface area contributed by atoms with Gasteiger partial charge in [-0.2, -0.15) is 20.2 Å². The summed E-state index contributed by atoms with van der Waals surface area (Å²) in [6.45, 7) is 3.13. The lowest BCUT2D eigenvalue weighted by Crippen LogP contribution is -2.43. The summed E-state index contributed by atoms with van der Waals surface area (Å²) in [5.41, 5.74) is 1.59. The zero-order valence-electron chi connectivity index (χ0n) is 22.9. The van der Waals surface area contributed by atoms with Crippen LogP contribution in [0.25, 0.3) is 16.4 Å². The smallest absolute Gasteiger partial charge is 0.319 e. The van der Waals surface area contributed by atoms with E-state index in [2.05, 4.69) is 40.9 Å². The average molecular weight is 630 g/mol. The number of carbonyl (C=O) groups is 1. The Balaban J connectivity index is 1.32. The molecule has 2 fully saturated rings. The number of fused-ring (bicyclic) bond motifs is 5. The van der Waals surface area contributed by atoms with Crippen molar-refractivity contribution in [1.82, 2.24) is 39.2 Å². The Morgan fingerprint density at radius 3 is 2.93 bits per heavy atom. The van der Waals surface area contributed by atoms with Crippen LogP contribution in [0.4, 0.5) is 14.6 Å². The molecule has 0 aromatic carbocycles. The molecule has 1 amide bonds. The van der Waals surface area contributed by atoms with Crippen LogP contribution in [0, 0.1) is 5.82 Å². The fourth-order valence-electron chi connectivity index (χ4n) is 6.58. The summed E-state index contributed by atoms with van der Waals surface area (Å²) in [4.78, 5) is 27.7. The molecule has 2 atom stereocenters. The molecule has 41 heavy (non-hydrogen) atoms. The van der Waals surface area contributed by atoms with Gasteiger partial charge in [0.2, 0.25) is 0 Å². The first kappa shape index (κ1) is 26.5. The summed E-state index contributed by atoms with van der Waals surface area (Å²) in [6.07, 6.45) is 3.69. The molecule has 0 spiro atoms. The molecule has 0 aliphatic carbocycles. The number of hydrogen-bond donors (Lipinski definition) is 0. The summed E-state index contributed by atoms with van der Waals surface area (Å²) >= 11 is 3.34. The number of nitrogens with zero attached hydrogens (tertiary/aromatic N) is 9. The van der Waals surface area contributed by atoms with E-state index in [1.54, 1.807) is 32.4 Å². The molecule has 14 heteroatoms. The minimum absolute atomic E-state index is 0.0481. The van der Waals surface area contributed by atoms with Crippen molar-refractivity contribution in [2.24, 2.45) is 0 Å². The first-order valence-electron chi connectivity index (χ1n) is 13.8. The molecule has 0 bridgehead atoms. The number of aromatic nitrogens is 6. The molecule has 3 aliphatic rings. The predicted octanol–water partition coefficient (Wildman–Crippen LogP) is 3.44. The van der Waals surface area contributed by atoms with E-state index in [4.69, 9.17) is 9.72 Å². The van der Waals surface area contributed by atoms with E-state index in [1.807, 2.05) is 4.68 Å². The van der Waals surface area contributed by atoms with Gasteiger partial charge in [-0.15, -0.1) is 0 Å². The number of anilines is 1.